The fourth-order valence-corrected chi connectivity index (χ4v) is 6.57. The SMILES string of the molecule is CCOC(=O)NC1CCC2(c3ccc(-c4cnn(C5CCCCO5)c4)cc3C(=O)N2Cc2cccc(OC)c2)C1O. The molecule has 0 bridgehead atoms. The largest absolute Gasteiger partial charge is 0.497 e. The maximum absolute atomic E-state index is 14.2. The zero-order valence-corrected chi connectivity index (χ0v) is 23.4. The molecule has 1 spiro atoms. The van der Waals surface area contributed by atoms with Crippen LogP contribution in [0.5, 0.6) is 5.75 Å². The number of nitrogens with one attached hydrogen (secondary N) is 1. The summed E-state index contributed by atoms with van der Waals surface area (Å²) in [6.45, 7) is 2.97. The van der Waals surface area contributed by atoms with E-state index in [1.54, 1.807) is 25.1 Å². The van der Waals surface area contributed by atoms with Gasteiger partial charge < -0.3 is 29.5 Å². The van der Waals surface area contributed by atoms with Gasteiger partial charge in [0.25, 0.3) is 5.91 Å². The third kappa shape index (κ3) is 4.85. The number of ether oxygens (including phenoxy) is 3. The van der Waals surface area contributed by atoms with Crippen LogP contribution in [0.4, 0.5) is 4.79 Å². The minimum absolute atomic E-state index is 0.0762. The van der Waals surface area contributed by atoms with E-state index in [2.05, 4.69) is 10.4 Å². The zero-order chi connectivity index (χ0) is 28.6. The molecular weight excluding hydrogens is 524 g/mol. The van der Waals surface area contributed by atoms with Crippen molar-refractivity contribution < 1.29 is 28.9 Å². The lowest BCUT2D eigenvalue weighted by Crippen LogP contribution is -2.54. The standard InChI is InChI=1S/C31H36N4O6/c1-3-40-30(38)33-26-12-13-31(28(26)36)25-11-10-21(22-17-32-35(19-22)27-9-4-5-14-41-27)16-24(25)29(37)34(31)18-20-7-6-8-23(15-20)39-2/h6-8,10-11,15-17,19,26-28,36H,3-5,9,12-14,18H2,1-2H3,(H,33,38). The molecule has 2 N–H and O–H groups in total. The van der Waals surface area contributed by atoms with Gasteiger partial charge in [-0.25, -0.2) is 9.48 Å². The van der Waals surface area contributed by atoms with Gasteiger partial charge in [-0.05, 0) is 73.9 Å². The Morgan fingerprint density at radius 1 is 1.20 bits per heavy atom. The Morgan fingerprint density at radius 3 is 2.85 bits per heavy atom. The molecule has 4 atom stereocenters. The minimum atomic E-state index is -1.03. The first-order valence-electron chi connectivity index (χ1n) is 14.3. The van der Waals surface area contributed by atoms with Crippen molar-refractivity contribution in [3.05, 3.63) is 71.5 Å². The number of hydrogen-bond acceptors (Lipinski definition) is 7. The van der Waals surface area contributed by atoms with E-state index in [1.165, 1.54) is 0 Å². The highest BCUT2D eigenvalue weighted by molar-refractivity contribution is 6.01. The first-order valence-corrected chi connectivity index (χ1v) is 14.3. The summed E-state index contributed by atoms with van der Waals surface area (Å²) >= 11 is 0. The maximum atomic E-state index is 14.2. The van der Waals surface area contributed by atoms with Crippen LogP contribution in [-0.2, 0) is 21.6 Å². The van der Waals surface area contributed by atoms with Crippen molar-refractivity contribution in [1.82, 2.24) is 20.0 Å². The number of nitrogens with zero attached hydrogens (tertiary/aromatic N) is 3. The molecule has 216 valence electrons. The first-order chi connectivity index (χ1) is 19.9. The Morgan fingerprint density at radius 2 is 2.07 bits per heavy atom. The van der Waals surface area contributed by atoms with E-state index in [0.717, 1.165) is 48.1 Å². The molecule has 2 aromatic carbocycles. The number of aliphatic hydroxyl groups is 1. The summed E-state index contributed by atoms with van der Waals surface area (Å²) in [7, 11) is 1.61. The molecule has 10 heteroatoms. The van der Waals surface area contributed by atoms with Gasteiger partial charge in [-0.3, -0.25) is 4.79 Å². The van der Waals surface area contributed by atoms with Crippen LogP contribution in [-0.4, -0.2) is 64.3 Å². The van der Waals surface area contributed by atoms with Crippen molar-refractivity contribution in [1.29, 1.82) is 0 Å². The lowest BCUT2D eigenvalue weighted by atomic mass is 9.84. The summed E-state index contributed by atoms with van der Waals surface area (Å²) in [5, 5.41) is 19.1. The van der Waals surface area contributed by atoms with Crippen molar-refractivity contribution in [3.63, 3.8) is 0 Å². The minimum Gasteiger partial charge on any atom is -0.497 e. The predicted octanol–water partition coefficient (Wildman–Crippen LogP) is 4.38. The normalized spacial score (nSPS) is 25.4. The summed E-state index contributed by atoms with van der Waals surface area (Å²) in [4.78, 5) is 28.2. The van der Waals surface area contributed by atoms with E-state index in [9.17, 15) is 14.7 Å². The molecule has 3 heterocycles. The quantitative estimate of drug-likeness (QED) is 0.441. The van der Waals surface area contributed by atoms with Gasteiger partial charge in [-0.1, -0.05) is 24.3 Å². The molecule has 2 fully saturated rings. The molecule has 6 rings (SSSR count). The number of hydrogen-bond donors (Lipinski definition) is 2. The van der Waals surface area contributed by atoms with E-state index in [1.807, 2.05) is 53.3 Å². The number of carbonyl (C=O) groups excluding carboxylic acids is 2. The number of carbonyl (C=O) groups is 2. The average Bonchev–Trinajstić information content (AvgIpc) is 3.67. The second-order valence-electron chi connectivity index (χ2n) is 10.9. The van der Waals surface area contributed by atoms with Gasteiger partial charge in [0.05, 0.1) is 31.5 Å². The smallest absolute Gasteiger partial charge is 0.407 e. The van der Waals surface area contributed by atoms with Crippen LogP contribution < -0.4 is 10.1 Å². The van der Waals surface area contributed by atoms with Crippen LogP contribution >= 0.6 is 0 Å². The van der Waals surface area contributed by atoms with Crippen molar-refractivity contribution in [2.75, 3.05) is 20.3 Å². The molecule has 1 aliphatic carbocycles. The van der Waals surface area contributed by atoms with Crippen molar-refractivity contribution >= 4 is 12.0 Å². The number of aliphatic hydroxyl groups excluding tert-OH is 1. The van der Waals surface area contributed by atoms with Crippen molar-refractivity contribution in [2.24, 2.45) is 0 Å². The fourth-order valence-electron chi connectivity index (χ4n) is 6.57. The van der Waals surface area contributed by atoms with Crippen molar-refractivity contribution in [3.8, 4) is 16.9 Å². The lowest BCUT2D eigenvalue weighted by molar-refractivity contribution is -0.0394. The second-order valence-corrected chi connectivity index (χ2v) is 10.9. The van der Waals surface area contributed by atoms with Gasteiger partial charge >= 0.3 is 6.09 Å². The van der Waals surface area contributed by atoms with Crippen LogP contribution in [0.15, 0.2) is 54.9 Å². The number of rotatable bonds is 7. The molecule has 3 aliphatic rings. The molecule has 1 aromatic heterocycles. The molecule has 4 unspecified atom stereocenters. The number of alkyl carbamates (subject to hydrolysis) is 1. The fraction of sp³-hybridized carbons (Fsp3) is 0.452. The van der Waals surface area contributed by atoms with Crippen LogP contribution in [0.25, 0.3) is 11.1 Å². The Labute approximate surface area is 239 Å². The number of benzene rings is 2. The second kappa shape index (κ2) is 11.2. The first kappa shape index (κ1) is 27.3. The molecule has 1 saturated carbocycles. The molecular formula is C31H36N4O6. The monoisotopic (exact) mass is 560 g/mol. The van der Waals surface area contributed by atoms with Gasteiger partial charge in [0.1, 0.15) is 18.1 Å². The van der Waals surface area contributed by atoms with Crippen LogP contribution in [0, 0.1) is 0 Å². The van der Waals surface area contributed by atoms with E-state index in [-0.39, 0.29) is 25.3 Å². The summed E-state index contributed by atoms with van der Waals surface area (Å²) in [6.07, 6.45) is 6.16. The maximum Gasteiger partial charge on any atom is 0.407 e. The van der Waals surface area contributed by atoms with Crippen LogP contribution in [0.2, 0.25) is 0 Å². The van der Waals surface area contributed by atoms with Gasteiger partial charge in [0.2, 0.25) is 0 Å². The number of aromatic nitrogens is 2. The molecule has 2 aliphatic heterocycles. The number of methoxy groups -OCH3 is 1. The van der Waals surface area contributed by atoms with Crippen LogP contribution in [0.3, 0.4) is 0 Å². The molecule has 0 radical (unpaired) electrons. The van der Waals surface area contributed by atoms with Gasteiger partial charge in [0.15, 0.2) is 0 Å². The van der Waals surface area contributed by atoms with Gasteiger partial charge in [0, 0.05) is 30.5 Å². The summed E-state index contributed by atoms with van der Waals surface area (Å²) < 4.78 is 18.2. The van der Waals surface area contributed by atoms with Gasteiger partial charge in [-0.2, -0.15) is 5.10 Å². The third-order valence-electron chi connectivity index (χ3n) is 8.59. The zero-order valence-electron chi connectivity index (χ0n) is 23.4. The molecule has 2 amide bonds. The summed E-state index contributed by atoms with van der Waals surface area (Å²) in [5.74, 6) is 0.527. The Balaban J connectivity index is 1.36. The van der Waals surface area contributed by atoms with E-state index in [4.69, 9.17) is 14.2 Å². The molecule has 3 aromatic rings. The van der Waals surface area contributed by atoms with Gasteiger partial charge in [-0.15, -0.1) is 0 Å². The summed E-state index contributed by atoms with van der Waals surface area (Å²) in [6, 6.07) is 12.8. The van der Waals surface area contributed by atoms with E-state index in [0.29, 0.717) is 24.2 Å². The highest BCUT2D eigenvalue weighted by Gasteiger charge is 2.59. The Bertz CT molecular complexity index is 1430. The highest BCUT2D eigenvalue weighted by atomic mass is 16.5. The highest BCUT2D eigenvalue weighted by Crippen LogP contribution is 2.51. The van der Waals surface area contributed by atoms with Crippen LogP contribution in [0.1, 0.15) is 66.7 Å². The number of fused-ring (bicyclic) bond motifs is 2. The molecule has 41 heavy (non-hydrogen) atoms. The Kier molecular flexibility index (Phi) is 7.44. The molecule has 1 saturated heterocycles. The number of amides is 2. The van der Waals surface area contributed by atoms with E-state index >= 15 is 0 Å². The van der Waals surface area contributed by atoms with Crippen molar-refractivity contribution in [2.45, 2.75) is 69.5 Å². The topological polar surface area (TPSA) is 115 Å². The lowest BCUT2D eigenvalue weighted by Gasteiger charge is -2.40. The summed E-state index contributed by atoms with van der Waals surface area (Å²) in [5.41, 5.74) is 2.95. The third-order valence-corrected chi connectivity index (χ3v) is 8.59. The predicted molar refractivity (Wildman–Crippen MR) is 150 cm³/mol. The average molecular weight is 561 g/mol. The Hall–Kier alpha value is -3.89. The van der Waals surface area contributed by atoms with E-state index < -0.39 is 23.8 Å². The molecule has 10 nitrogen and oxygen atoms in total.